The van der Waals surface area contributed by atoms with Gasteiger partial charge in [-0.15, -0.1) is 0 Å². The molecule has 9 heteroatoms. The number of anilines is 2. The van der Waals surface area contributed by atoms with Crippen LogP contribution in [-0.4, -0.2) is 49.8 Å². The average Bonchev–Trinajstić information content (AvgIpc) is 2.78. The van der Waals surface area contributed by atoms with Gasteiger partial charge in [0.1, 0.15) is 11.6 Å². The fourth-order valence-corrected chi connectivity index (χ4v) is 2.53. The number of benzene rings is 1. The maximum Gasteiger partial charge on any atom is 0.344 e. The van der Waals surface area contributed by atoms with E-state index in [0.717, 1.165) is 5.57 Å². The van der Waals surface area contributed by atoms with Crippen LogP contribution in [0.25, 0.3) is 0 Å². The summed E-state index contributed by atoms with van der Waals surface area (Å²) in [6.07, 6.45) is 3.25. The highest BCUT2D eigenvalue weighted by atomic mass is 16.6. The Morgan fingerprint density at radius 3 is 2.38 bits per heavy atom. The Hall–Kier alpha value is -3.88. The zero-order valence-electron chi connectivity index (χ0n) is 18.6. The highest BCUT2D eigenvalue weighted by Crippen LogP contribution is 2.21. The van der Waals surface area contributed by atoms with Gasteiger partial charge in [0.15, 0.2) is 6.61 Å². The van der Waals surface area contributed by atoms with E-state index in [2.05, 4.69) is 15.0 Å². The Labute approximate surface area is 187 Å². The molecule has 0 spiro atoms. The Morgan fingerprint density at radius 1 is 1.09 bits per heavy atom. The molecule has 0 aliphatic rings. The van der Waals surface area contributed by atoms with Gasteiger partial charge in [-0.05, 0) is 57.2 Å². The van der Waals surface area contributed by atoms with Gasteiger partial charge in [-0.25, -0.2) is 19.4 Å². The van der Waals surface area contributed by atoms with Crippen molar-refractivity contribution in [2.75, 3.05) is 37.1 Å². The van der Waals surface area contributed by atoms with Gasteiger partial charge < -0.3 is 14.2 Å². The van der Waals surface area contributed by atoms with Crippen molar-refractivity contribution in [2.45, 2.75) is 20.8 Å². The summed E-state index contributed by atoms with van der Waals surface area (Å²) in [7, 11) is 1.28. The van der Waals surface area contributed by atoms with Crippen LogP contribution >= 0.6 is 0 Å². The van der Waals surface area contributed by atoms with Crippen LogP contribution in [0.1, 0.15) is 31.1 Å². The van der Waals surface area contributed by atoms with Crippen LogP contribution in [0.15, 0.2) is 54.2 Å². The molecular formula is C23H27N3O6. The average molecular weight is 441 g/mol. The minimum absolute atomic E-state index is 0.192. The molecule has 0 aliphatic carbocycles. The SMILES string of the molecule is CCOC(=O)COc1ccc(N(CC=C(C)C)C(=O)Nc2ccc(C(=O)OC)cn2)cc1. The van der Waals surface area contributed by atoms with Gasteiger partial charge in [-0.2, -0.15) is 0 Å². The van der Waals surface area contributed by atoms with E-state index in [1.165, 1.54) is 30.3 Å². The first-order valence-corrected chi connectivity index (χ1v) is 9.98. The van der Waals surface area contributed by atoms with E-state index in [0.29, 0.717) is 23.8 Å². The maximum atomic E-state index is 12.9. The standard InChI is InChI=1S/C23H27N3O6/c1-5-31-21(27)15-32-19-9-7-18(8-10-19)26(13-12-16(2)3)23(29)25-20-11-6-17(14-24-20)22(28)30-4/h6-12,14H,5,13,15H2,1-4H3,(H,24,25,29). The quantitative estimate of drug-likeness (QED) is 0.466. The number of allylic oxidation sites excluding steroid dienone is 1. The van der Waals surface area contributed by atoms with Gasteiger partial charge >= 0.3 is 18.0 Å². The third kappa shape index (κ3) is 7.42. The lowest BCUT2D eigenvalue weighted by Gasteiger charge is -2.22. The minimum atomic E-state index is -0.508. The molecular weight excluding hydrogens is 414 g/mol. The molecule has 0 atom stereocenters. The molecule has 1 aromatic heterocycles. The van der Waals surface area contributed by atoms with E-state index in [1.807, 2.05) is 19.9 Å². The number of hydrogen-bond donors (Lipinski definition) is 1. The zero-order chi connectivity index (χ0) is 23.5. The van der Waals surface area contributed by atoms with E-state index < -0.39 is 18.0 Å². The first-order chi connectivity index (χ1) is 15.3. The van der Waals surface area contributed by atoms with Crippen LogP contribution in [0.5, 0.6) is 5.75 Å². The van der Waals surface area contributed by atoms with Gasteiger partial charge in [-0.3, -0.25) is 10.2 Å². The first kappa shape index (κ1) is 24.4. The van der Waals surface area contributed by atoms with Crippen molar-refractivity contribution in [2.24, 2.45) is 0 Å². The van der Waals surface area contributed by atoms with E-state index in [4.69, 9.17) is 9.47 Å². The molecule has 32 heavy (non-hydrogen) atoms. The number of ether oxygens (including phenoxy) is 3. The lowest BCUT2D eigenvalue weighted by molar-refractivity contribution is -0.145. The number of hydrogen-bond acceptors (Lipinski definition) is 7. The zero-order valence-corrected chi connectivity index (χ0v) is 18.6. The smallest absolute Gasteiger partial charge is 0.344 e. The van der Waals surface area contributed by atoms with E-state index in [-0.39, 0.29) is 18.8 Å². The van der Waals surface area contributed by atoms with E-state index >= 15 is 0 Å². The van der Waals surface area contributed by atoms with E-state index in [1.54, 1.807) is 31.2 Å². The molecule has 1 heterocycles. The molecule has 0 bridgehead atoms. The number of methoxy groups -OCH3 is 1. The second-order valence-corrected chi connectivity index (χ2v) is 6.83. The number of urea groups is 1. The number of nitrogens with zero attached hydrogens (tertiary/aromatic N) is 2. The van der Waals surface area contributed by atoms with Crippen molar-refractivity contribution in [3.8, 4) is 5.75 Å². The predicted molar refractivity (Wildman–Crippen MR) is 120 cm³/mol. The van der Waals surface area contributed by atoms with Crippen LogP contribution in [-0.2, 0) is 14.3 Å². The number of rotatable bonds is 9. The molecule has 0 saturated carbocycles. The predicted octanol–water partition coefficient (Wildman–Crippen LogP) is 3.81. The van der Waals surface area contributed by atoms with Gasteiger partial charge in [0, 0.05) is 18.4 Å². The van der Waals surface area contributed by atoms with Crippen molar-refractivity contribution >= 4 is 29.5 Å². The lowest BCUT2D eigenvalue weighted by atomic mass is 10.2. The molecule has 9 nitrogen and oxygen atoms in total. The number of pyridine rings is 1. The van der Waals surface area contributed by atoms with Crippen molar-refractivity contribution in [3.05, 3.63) is 59.8 Å². The Kier molecular flexibility index (Phi) is 9.22. The van der Waals surface area contributed by atoms with Crippen LogP contribution in [0, 0.1) is 0 Å². The Morgan fingerprint density at radius 2 is 1.81 bits per heavy atom. The summed E-state index contributed by atoms with van der Waals surface area (Å²) in [5.41, 5.74) is 1.96. The normalized spacial score (nSPS) is 10.0. The van der Waals surface area contributed by atoms with Crippen LogP contribution < -0.4 is 15.0 Å². The first-order valence-electron chi connectivity index (χ1n) is 9.98. The molecule has 1 aromatic carbocycles. The van der Waals surface area contributed by atoms with Gasteiger partial charge in [0.25, 0.3) is 0 Å². The molecule has 0 fully saturated rings. The third-order valence-corrected chi connectivity index (χ3v) is 4.16. The highest BCUT2D eigenvalue weighted by Gasteiger charge is 2.16. The van der Waals surface area contributed by atoms with Crippen molar-refractivity contribution in [3.63, 3.8) is 0 Å². The second-order valence-electron chi connectivity index (χ2n) is 6.83. The minimum Gasteiger partial charge on any atom is -0.482 e. The van der Waals surface area contributed by atoms with Gasteiger partial charge in [-0.1, -0.05) is 11.6 Å². The maximum absolute atomic E-state index is 12.9. The number of carbonyl (C=O) groups is 3. The fourth-order valence-electron chi connectivity index (χ4n) is 2.53. The molecule has 170 valence electrons. The van der Waals surface area contributed by atoms with Crippen molar-refractivity contribution in [1.29, 1.82) is 0 Å². The fraction of sp³-hybridized carbons (Fsp3) is 0.304. The number of amides is 2. The van der Waals surface area contributed by atoms with Crippen molar-refractivity contribution < 1.29 is 28.6 Å². The number of esters is 2. The molecule has 2 aromatic rings. The van der Waals surface area contributed by atoms with Crippen LogP contribution in [0.4, 0.5) is 16.3 Å². The molecule has 1 N–H and O–H groups in total. The molecule has 0 aliphatic heterocycles. The highest BCUT2D eigenvalue weighted by molar-refractivity contribution is 6.01. The summed E-state index contributed by atoms with van der Waals surface area (Å²) in [5, 5.41) is 2.72. The topological polar surface area (TPSA) is 107 Å². The Balaban J connectivity index is 2.13. The number of carbonyl (C=O) groups excluding carboxylic acids is 3. The molecule has 0 unspecified atom stereocenters. The van der Waals surface area contributed by atoms with E-state index in [9.17, 15) is 14.4 Å². The van der Waals surface area contributed by atoms with Gasteiger partial charge in [0.05, 0.1) is 19.3 Å². The summed E-state index contributed by atoms with van der Waals surface area (Å²) in [5.74, 6) is -0.193. The molecule has 2 amide bonds. The molecule has 0 saturated heterocycles. The number of nitrogens with one attached hydrogen (secondary N) is 1. The molecule has 2 rings (SSSR count). The third-order valence-electron chi connectivity index (χ3n) is 4.16. The van der Waals surface area contributed by atoms with Gasteiger partial charge in [0.2, 0.25) is 0 Å². The summed E-state index contributed by atoms with van der Waals surface area (Å²) >= 11 is 0. The molecule has 0 radical (unpaired) electrons. The summed E-state index contributed by atoms with van der Waals surface area (Å²) in [6, 6.07) is 9.40. The summed E-state index contributed by atoms with van der Waals surface area (Å²) in [6.45, 7) is 6.03. The van der Waals surface area contributed by atoms with Crippen LogP contribution in [0.3, 0.4) is 0 Å². The largest absolute Gasteiger partial charge is 0.482 e. The summed E-state index contributed by atoms with van der Waals surface area (Å²) < 4.78 is 14.9. The number of aromatic nitrogens is 1. The second kappa shape index (κ2) is 12.1. The summed E-state index contributed by atoms with van der Waals surface area (Å²) in [4.78, 5) is 41.5. The van der Waals surface area contributed by atoms with Crippen LogP contribution in [0.2, 0.25) is 0 Å². The monoisotopic (exact) mass is 441 g/mol. The van der Waals surface area contributed by atoms with Crippen molar-refractivity contribution in [1.82, 2.24) is 4.98 Å². The Bertz CT molecular complexity index is 951. The lowest BCUT2D eigenvalue weighted by Crippen LogP contribution is -2.35.